The van der Waals surface area contributed by atoms with Crippen molar-refractivity contribution in [2.75, 3.05) is 26.3 Å². The van der Waals surface area contributed by atoms with Crippen molar-refractivity contribution in [2.24, 2.45) is 0 Å². The summed E-state index contributed by atoms with van der Waals surface area (Å²) in [5.74, 6) is -0.850. The second-order valence-electron chi connectivity index (χ2n) is 9.36. The van der Waals surface area contributed by atoms with Gasteiger partial charge in [0.25, 0.3) is 0 Å². The number of ether oxygens (including phenoxy) is 2. The highest BCUT2D eigenvalue weighted by Crippen LogP contribution is 2.25. The Hall–Kier alpha value is -2.35. The third-order valence-corrected chi connectivity index (χ3v) is 6.64. The molecule has 0 bridgehead atoms. The van der Waals surface area contributed by atoms with Crippen LogP contribution >= 0.6 is 0 Å². The SMILES string of the molecule is CCOC(=O)CCc1ccc(F)cc1[C@@H](C)OC[C@H](O)CN1CCC[C@H]1Cc1ccc(C)c(F)c1. The van der Waals surface area contributed by atoms with Gasteiger partial charge in [-0.2, -0.15) is 0 Å². The molecule has 0 saturated carbocycles. The predicted octanol–water partition coefficient (Wildman–Crippen LogP) is 4.91. The molecule has 2 aromatic carbocycles. The van der Waals surface area contributed by atoms with Crippen LogP contribution in [0.2, 0.25) is 0 Å². The lowest BCUT2D eigenvalue weighted by Crippen LogP contribution is -2.39. The number of aryl methyl sites for hydroxylation is 2. The maximum atomic E-state index is 13.9. The maximum absolute atomic E-state index is 13.9. The van der Waals surface area contributed by atoms with Crippen molar-refractivity contribution < 1.29 is 28.2 Å². The van der Waals surface area contributed by atoms with E-state index in [9.17, 15) is 18.7 Å². The largest absolute Gasteiger partial charge is 0.466 e. The molecule has 192 valence electrons. The van der Waals surface area contributed by atoms with Crippen molar-refractivity contribution in [3.05, 3.63) is 70.3 Å². The van der Waals surface area contributed by atoms with Gasteiger partial charge in [-0.25, -0.2) is 8.78 Å². The van der Waals surface area contributed by atoms with Crippen molar-refractivity contribution >= 4 is 5.97 Å². The Morgan fingerprint density at radius 1 is 1.23 bits per heavy atom. The van der Waals surface area contributed by atoms with Gasteiger partial charge in [0.2, 0.25) is 0 Å². The first kappa shape index (κ1) is 27.2. The summed E-state index contributed by atoms with van der Waals surface area (Å²) in [7, 11) is 0. The third kappa shape index (κ3) is 8.09. The van der Waals surface area contributed by atoms with Crippen molar-refractivity contribution in [1.29, 1.82) is 0 Å². The number of esters is 1. The Morgan fingerprint density at radius 3 is 2.77 bits per heavy atom. The van der Waals surface area contributed by atoms with E-state index >= 15 is 0 Å². The Morgan fingerprint density at radius 2 is 2.03 bits per heavy atom. The van der Waals surface area contributed by atoms with Crippen LogP contribution in [0.25, 0.3) is 0 Å². The lowest BCUT2D eigenvalue weighted by molar-refractivity contribution is -0.143. The zero-order valence-corrected chi connectivity index (χ0v) is 20.9. The number of carbonyl (C=O) groups excluding carboxylic acids is 1. The standard InChI is InChI=1S/C28H37F2NO4/c1-4-34-28(33)12-10-22-9-11-23(29)16-26(22)20(3)35-18-25(32)17-31-13-5-6-24(31)14-21-8-7-19(2)27(30)15-21/h7-9,11,15-16,20,24-25,32H,4-6,10,12-14,17-18H2,1-3H3/t20-,24+,25-/m1/s1. The fourth-order valence-corrected chi connectivity index (χ4v) is 4.71. The van der Waals surface area contributed by atoms with Gasteiger partial charge in [0.15, 0.2) is 0 Å². The Labute approximate surface area is 207 Å². The molecule has 1 heterocycles. The molecule has 0 radical (unpaired) electrons. The van der Waals surface area contributed by atoms with Gasteiger partial charge in [-0.15, -0.1) is 0 Å². The molecule has 0 aliphatic carbocycles. The average Bonchev–Trinajstić information content (AvgIpc) is 3.25. The minimum Gasteiger partial charge on any atom is -0.466 e. The lowest BCUT2D eigenvalue weighted by Gasteiger charge is -2.28. The summed E-state index contributed by atoms with van der Waals surface area (Å²) in [6, 6.07) is 10.1. The summed E-state index contributed by atoms with van der Waals surface area (Å²) in [4.78, 5) is 14.0. The van der Waals surface area contributed by atoms with Gasteiger partial charge in [0.1, 0.15) is 11.6 Å². The smallest absolute Gasteiger partial charge is 0.306 e. The molecule has 0 aromatic heterocycles. The van der Waals surface area contributed by atoms with Crippen LogP contribution in [0.3, 0.4) is 0 Å². The Balaban J connectivity index is 1.53. The molecule has 1 aliphatic heterocycles. The summed E-state index contributed by atoms with van der Waals surface area (Å²) >= 11 is 0. The van der Waals surface area contributed by atoms with Crippen molar-refractivity contribution in [1.82, 2.24) is 4.90 Å². The van der Waals surface area contributed by atoms with E-state index in [1.165, 1.54) is 12.1 Å². The highest BCUT2D eigenvalue weighted by atomic mass is 19.1. The van der Waals surface area contributed by atoms with Gasteiger partial charge in [-0.3, -0.25) is 9.69 Å². The highest BCUT2D eigenvalue weighted by molar-refractivity contribution is 5.69. The molecule has 3 atom stereocenters. The summed E-state index contributed by atoms with van der Waals surface area (Å²) in [6.45, 7) is 7.11. The van der Waals surface area contributed by atoms with Gasteiger partial charge in [0, 0.05) is 19.0 Å². The number of likely N-dealkylation sites (tertiary alicyclic amines) is 1. The van der Waals surface area contributed by atoms with Gasteiger partial charge >= 0.3 is 5.97 Å². The maximum Gasteiger partial charge on any atom is 0.306 e. The van der Waals surface area contributed by atoms with E-state index in [1.54, 1.807) is 32.0 Å². The Kier molecular flexibility index (Phi) is 10.2. The summed E-state index contributed by atoms with van der Waals surface area (Å²) in [5.41, 5.74) is 3.10. The quantitative estimate of drug-likeness (QED) is 0.429. The van der Waals surface area contributed by atoms with Gasteiger partial charge in [-0.1, -0.05) is 18.2 Å². The molecular weight excluding hydrogens is 452 g/mol. The molecule has 7 heteroatoms. The van der Waals surface area contributed by atoms with Gasteiger partial charge in [-0.05, 0) is 93.5 Å². The molecule has 0 amide bonds. The number of hydrogen-bond donors (Lipinski definition) is 1. The molecule has 1 saturated heterocycles. The fourth-order valence-electron chi connectivity index (χ4n) is 4.71. The van der Waals surface area contributed by atoms with Gasteiger partial charge < -0.3 is 14.6 Å². The monoisotopic (exact) mass is 489 g/mol. The van der Waals surface area contributed by atoms with E-state index in [0.29, 0.717) is 30.7 Å². The minimum absolute atomic E-state index is 0.109. The number of benzene rings is 2. The molecule has 0 spiro atoms. The lowest BCUT2D eigenvalue weighted by atomic mass is 9.99. The zero-order valence-electron chi connectivity index (χ0n) is 20.9. The average molecular weight is 490 g/mol. The number of rotatable bonds is 12. The van der Waals surface area contributed by atoms with Crippen LogP contribution in [0, 0.1) is 18.6 Å². The molecule has 2 aromatic rings. The van der Waals surface area contributed by atoms with Crippen LogP contribution in [-0.4, -0.2) is 54.4 Å². The number of β-amino-alcohol motifs (C(OH)–C–C–N with tert-alkyl or cyclic N) is 1. The van der Waals surface area contributed by atoms with E-state index in [1.807, 2.05) is 13.0 Å². The molecule has 1 aliphatic rings. The predicted molar refractivity (Wildman–Crippen MR) is 131 cm³/mol. The van der Waals surface area contributed by atoms with E-state index in [4.69, 9.17) is 9.47 Å². The zero-order chi connectivity index (χ0) is 25.4. The number of carbonyl (C=O) groups is 1. The fraction of sp³-hybridized carbons (Fsp3) is 0.536. The summed E-state index contributed by atoms with van der Waals surface area (Å²) < 4.78 is 38.8. The number of halogens is 2. The second-order valence-corrected chi connectivity index (χ2v) is 9.36. The minimum atomic E-state index is -0.704. The molecular formula is C28H37F2NO4. The van der Waals surface area contributed by atoms with Crippen LogP contribution in [-0.2, 0) is 27.1 Å². The molecule has 3 rings (SSSR count). The molecule has 35 heavy (non-hydrogen) atoms. The number of hydrogen-bond acceptors (Lipinski definition) is 5. The van der Waals surface area contributed by atoms with E-state index in [2.05, 4.69) is 4.90 Å². The van der Waals surface area contributed by atoms with E-state index in [0.717, 1.165) is 36.9 Å². The van der Waals surface area contributed by atoms with E-state index in [-0.39, 0.29) is 36.7 Å². The molecule has 1 N–H and O–H groups in total. The molecule has 0 unspecified atom stereocenters. The molecule has 5 nitrogen and oxygen atoms in total. The Bertz CT molecular complexity index is 983. The first-order chi connectivity index (χ1) is 16.8. The molecule has 1 fully saturated rings. The van der Waals surface area contributed by atoms with Crippen LogP contribution < -0.4 is 0 Å². The second kappa shape index (κ2) is 13.1. The number of nitrogens with zero attached hydrogens (tertiary/aromatic N) is 1. The van der Waals surface area contributed by atoms with Crippen molar-refractivity contribution in [3.8, 4) is 0 Å². The van der Waals surface area contributed by atoms with Crippen LogP contribution in [0.1, 0.15) is 61.5 Å². The first-order valence-electron chi connectivity index (χ1n) is 12.5. The van der Waals surface area contributed by atoms with Crippen LogP contribution in [0.5, 0.6) is 0 Å². The first-order valence-corrected chi connectivity index (χ1v) is 12.5. The van der Waals surface area contributed by atoms with Crippen LogP contribution in [0.4, 0.5) is 8.78 Å². The van der Waals surface area contributed by atoms with Crippen molar-refractivity contribution in [2.45, 2.75) is 71.1 Å². The summed E-state index contributed by atoms with van der Waals surface area (Å²) in [5, 5.41) is 10.7. The number of aliphatic hydroxyl groups is 1. The van der Waals surface area contributed by atoms with Crippen LogP contribution in [0.15, 0.2) is 36.4 Å². The number of aliphatic hydroxyl groups excluding tert-OH is 1. The highest BCUT2D eigenvalue weighted by Gasteiger charge is 2.27. The summed E-state index contributed by atoms with van der Waals surface area (Å²) in [6.07, 6.45) is 2.28. The normalized spacial score (nSPS) is 17.9. The van der Waals surface area contributed by atoms with Crippen molar-refractivity contribution in [3.63, 3.8) is 0 Å². The third-order valence-electron chi connectivity index (χ3n) is 6.64. The van der Waals surface area contributed by atoms with Gasteiger partial charge in [0.05, 0.1) is 25.4 Å². The van der Waals surface area contributed by atoms with E-state index < -0.39 is 12.2 Å². The topological polar surface area (TPSA) is 59.0 Å².